The highest BCUT2D eigenvalue weighted by molar-refractivity contribution is 7.60. The van der Waals surface area contributed by atoms with E-state index in [4.69, 9.17) is 0 Å². The van der Waals surface area contributed by atoms with Gasteiger partial charge in [0, 0.05) is 0 Å². The average Bonchev–Trinajstić information content (AvgIpc) is 2.27. The van der Waals surface area contributed by atoms with E-state index in [1.807, 2.05) is 0 Å². The zero-order valence-electron chi connectivity index (χ0n) is 11.7. The largest absolute Gasteiger partial charge is 0.409 e. The van der Waals surface area contributed by atoms with Crippen molar-refractivity contribution in [2.45, 2.75) is 83.7 Å². The highest BCUT2D eigenvalue weighted by Gasteiger charge is 2.56. The summed E-state index contributed by atoms with van der Waals surface area (Å²) in [6.07, 6.45) is 8.16. The van der Waals surface area contributed by atoms with E-state index >= 15 is 0 Å². The summed E-state index contributed by atoms with van der Waals surface area (Å²) in [6, 6.07) is 0. The average molecular weight is 265 g/mol. The lowest BCUT2D eigenvalue weighted by molar-refractivity contribution is 0.250. The van der Waals surface area contributed by atoms with Crippen LogP contribution in [-0.4, -0.2) is 19.8 Å². The summed E-state index contributed by atoms with van der Waals surface area (Å²) in [7, 11) is -3.75. The summed E-state index contributed by atoms with van der Waals surface area (Å²) in [5, 5.41) is -0.630. The first-order valence-corrected chi connectivity index (χ1v) is 8.65. The fraction of sp³-hybridized carbons (Fsp3) is 1.00. The molecule has 0 fully saturated rings. The molecule has 0 atom stereocenters. The van der Waals surface area contributed by atoms with Crippen LogP contribution in [0, 0.1) is 0 Å². The number of hydrogen-bond acceptors (Lipinski definition) is 3. The fourth-order valence-electron chi connectivity index (χ4n) is 2.34. The SMILES string of the molecule is CCCCC(CCCC)(CCCC)[P+](O)(O)O. The van der Waals surface area contributed by atoms with Crippen molar-refractivity contribution >= 4 is 7.94 Å². The smallest absolute Gasteiger partial charge is 0.192 e. The van der Waals surface area contributed by atoms with Crippen LogP contribution in [0.15, 0.2) is 0 Å². The quantitative estimate of drug-likeness (QED) is 0.522. The standard InChI is InChI=1S/C13H30O3P/c1-4-7-10-13(11-8-5-2,12-9-6-3)17(14,15)16/h14-16H,4-12H2,1-3H3/q+1. The van der Waals surface area contributed by atoms with Crippen LogP contribution >= 0.6 is 7.94 Å². The molecule has 0 aliphatic rings. The normalized spacial score (nSPS) is 13.1. The van der Waals surface area contributed by atoms with Crippen molar-refractivity contribution in [2.24, 2.45) is 0 Å². The van der Waals surface area contributed by atoms with E-state index < -0.39 is 13.1 Å². The Balaban J connectivity index is 4.78. The van der Waals surface area contributed by atoms with Crippen LogP contribution in [0.4, 0.5) is 0 Å². The molecule has 0 aliphatic heterocycles. The monoisotopic (exact) mass is 265 g/mol. The van der Waals surface area contributed by atoms with Gasteiger partial charge in [0.25, 0.3) is 0 Å². The van der Waals surface area contributed by atoms with E-state index in [0.717, 1.165) is 57.8 Å². The molecule has 0 aromatic carbocycles. The number of hydrogen-bond donors (Lipinski definition) is 3. The van der Waals surface area contributed by atoms with Gasteiger partial charge >= 0.3 is 7.94 Å². The number of unbranched alkanes of at least 4 members (excludes halogenated alkanes) is 3. The Morgan fingerprint density at radius 2 is 1.00 bits per heavy atom. The van der Waals surface area contributed by atoms with Gasteiger partial charge in [0.15, 0.2) is 5.16 Å². The van der Waals surface area contributed by atoms with Gasteiger partial charge in [-0.25, -0.2) is 0 Å². The van der Waals surface area contributed by atoms with Crippen LogP contribution in [0.3, 0.4) is 0 Å². The molecule has 0 heterocycles. The van der Waals surface area contributed by atoms with Gasteiger partial charge in [0.05, 0.1) is 0 Å². The van der Waals surface area contributed by atoms with Gasteiger partial charge in [0.1, 0.15) is 0 Å². The molecule has 0 aromatic heterocycles. The Labute approximate surface area is 107 Å². The Bertz CT molecular complexity index is 168. The Kier molecular flexibility index (Phi) is 8.57. The van der Waals surface area contributed by atoms with Gasteiger partial charge in [-0.05, 0) is 38.5 Å². The van der Waals surface area contributed by atoms with Crippen LogP contribution in [-0.2, 0) is 0 Å². The molecule has 0 aliphatic carbocycles. The summed E-state index contributed by atoms with van der Waals surface area (Å²) in [5.74, 6) is 0. The van der Waals surface area contributed by atoms with Gasteiger partial charge in [0.2, 0.25) is 0 Å². The minimum atomic E-state index is -3.75. The minimum absolute atomic E-state index is 0.630. The molecule has 0 saturated carbocycles. The molecule has 0 spiro atoms. The maximum absolute atomic E-state index is 9.83. The first kappa shape index (κ1) is 17.3. The topological polar surface area (TPSA) is 60.7 Å². The van der Waals surface area contributed by atoms with Gasteiger partial charge in [-0.3, -0.25) is 0 Å². The minimum Gasteiger partial charge on any atom is -0.192 e. The second-order valence-corrected chi connectivity index (χ2v) is 7.19. The lowest BCUT2D eigenvalue weighted by Gasteiger charge is -2.32. The van der Waals surface area contributed by atoms with E-state index in [9.17, 15) is 14.7 Å². The van der Waals surface area contributed by atoms with E-state index in [-0.39, 0.29) is 0 Å². The summed E-state index contributed by atoms with van der Waals surface area (Å²) in [5.41, 5.74) is 0. The Hall–Kier alpha value is 0.310. The zero-order chi connectivity index (χ0) is 13.4. The van der Waals surface area contributed by atoms with Crippen molar-refractivity contribution in [2.75, 3.05) is 0 Å². The second kappa shape index (κ2) is 8.42. The van der Waals surface area contributed by atoms with E-state index in [0.29, 0.717) is 0 Å². The number of rotatable bonds is 10. The van der Waals surface area contributed by atoms with Gasteiger partial charge in [-0.2, -0.15) is 14.7 Å². The molecule has 0 aromatic rings. The molecule has 104 valence electrons. The molecule has 3 N–H and O–H groups in total. The van der Waals surface area contributed by atoms with Crippen LogP contribution < -0.4 is 0 Å². The lowest BCUT2D eigenvalue weighted by atomic mass is 9.90. The highest BCUT2D eigenvalue weighted by Crippen LogP contribution is 2.64. The molecule has 0 rings (SSSR count). The molecule has 0 saturated heterocycles. The Morgan fingerprint density at radius 3 is 1.18 bits per heavy atom. The van der Waals surface area contributed by atoms with E-state index in [1.54, 1.807) is 0 Å². The lowest BCUT2D eigenvalue weighted by Crippen LogP contribution is -2.32. The first-order valence-electron chi connectivity index (χ1n) is 7.01. The van der Waals surface area contributed by atoms with Crippen molar-refractivity contribution in [1.82, 2.24) is 0 Å². The van der Waals surface area contributed by atoms with Crippen molar-refractivity contribution in [3.63, 3.8) is 0 Å². The van der Waals surface area contributed by atoms with Crippen molar-refractivity contribution < 1.29 is 14.7 Å². The molecule has 0 bridgehead atoms. The predicted octanol–water partition coefficient (Wildman–Crippen LogP) is 4.04. The maximum atomic E-state index is 9.83. The molecule has 4 heteroatoms. The third-order valence-electron chi connectivity index (χ3n) is 3.62. The van der Waals surface area contributed by atoms with E-state index in [2.05, 4.69) is 20.8 Å². The maximum Gasteiger partial charge on any atom is 0.409 e. The summed E-state index contributed by atoms with van der Waals surface area (Å²) in [6.45, 7) is 6.28. The van der Waals surface area contributed by atoms with Gasteiger partial charge < -0.3 is 0 Å². The second-order valence-electron chi connectivity index (χ2n) is 5.10. The fourth-order valence-corrected chi connectivity index (χ4v) is 3.72. The van der Waals surface area contributed by atoms with Crippen LogP contribution in [0.5, 0.6) is 0 Å². The van der Waals surface area contributed by atoms with Crippen molar-refractivity contribution in [3.05, 3.63) is 0 Å². The van der Waals surface area contributed by atoms with Crippen LogP contribution in [0.25, 0.3) is 0 Å². The molecule has 17 heavy (non-hydrogen) atoms. The summed E-state index contributed by atoms with van der Waals surface area (Å²) in [4.78, 5) is 29.5. The molecule has 0 amide bonds. The van der Waals surface area contributed by atoms with Crippen LogP contribution in [0.2, 0.25) is 0 Å². The van der Waals surface area contributed by atoms with E-state index in [1.165, 1.54) is 0 Å². The zero-order valence-corrected chi connectivity index (χ0v) is 12.5. The third-order valence-corrected chi connectivity index (χ3v) is 5.57. The third kappa shape index (κ3) is 5.65. The molecule has 0 radical (unpaired) electrons. The molecular formula is C13H30O3P+. The van der Waals surface area contributed by atoms with Gasteiger partial charge in [-0.1, -0.05) is 40.0 Å². The van der Waals surface area contributed by atoms with Crippen molar-refractivity contribution in [3.8, 4) is 0 Å². The summed E-state index contributed by atoms with van der Waals surface area (Å²) < 4.78 is 0. The summed E-state index contributed by atoms with van der Waals surface area (Å²) >= 11 is 0. The molecule has 3 nitrogen and oxygen atoms in total. The highest BCUT2D eigenvalue weighted by atomic mass is 31.2. The Morgan fingerprint density at radius 1 is 0.706 bits per heavy atom. The van der Waals surface area contributed by atoms with Gasteiger partial charge in [-0.15, -0.1) is 0 Å². The predicted molar refractivity (Wildman–Crippen MR) is 74.9 cm³/mol. The van der Waals surface area contributed by atoms with Crippen LogP contribution in [0.1, 0.15) is 78.6 Å². The molecular weight excluding hydrogens is 235 g/mol. The first-order chi connectivity index (χ1) is 7.93. The molecule has 0 unspecified atom stereocenters. The van der Waals surface area contributed by atoms with Crippen molar-refractivity contribution in [1.29, 1.82) is 0 Å².